The van der Waals surface area contributed by atoms with Crippen LogP contribution in [0.15, 0.2) is 28.5 Å². The zero-order valence-electron chi connectivity index (χ0n) is 17.1. The van der Waals surface area contributed by atoms with Crippen molar-refractivity contribution in [3.05, 3.63) is 46.7 Å². The maximum atomic E-state index is 13.0. The van der Waals surface area contributed by atoms with Crippen LogP contribution in [-0.2, 0) is 13.0 Å². The number of benzene rings is 1. The summed E-state index contributed by atoms with van der Waals surface area (Å²) in [5.74, 6) is -0.301. The molecule has 0 fully saturated rings. The summed E-state index contributed by atoms with van der Waals surface area (Å²) in [6, 6.07) is 1.64. The minimum absolute atomic E-state index is 0.0541. The normalized spacial score (nSPS) is 16.5. The molecule has 0 aliphatic heterocycles. The molecule has 7 heteroatoms. The molecular weight excluding hydrogens is 370 g/mol. The Kier molecular flexibility index (Phi) is 6.90. The number of unbranched alkanes of at least 4 members (excludes halogenated alkanes) is 2. The molecule has 0 saturated carbocycles. The SMILES string of the molecule is CCCCCc1cc(O)c(C2C=C(C)CCC2)c(O)c1C(=O)NCc1nnco1. The lowest BCUT2D eigenvalue weighted by Gasteiger charge is -2.24. The molecule has 0 radical (unpaired) electrons. The zero-order chi connectivity index (χ0) is 20.8. The topological polar surface area (TPSA) is 108 Å². The average Bonchev–Trinajstić information content (AvgIpc) is 3.20. The highest BCUT2D eigenvalue weighted by Gasteiger charge is 2.27. The van der Waals surface area contributed by atoms with Crippen molar-refractivity contribution >= 4 is 5.91 Å². The molecule has 0 saturated heterocycles. The first-order chi connectivity index (χ1) is 14.0. The first kappa shape index (κ1) is 20.9. The van der Waals surface area contributed by atoms with Crippen molar-refractivity contribution in [2.75, 3.05) is 0 Å². The van der Waals surface area contributed by atoms with E-state index in [0.29, 0.717) is 17.5 Å². The summed E-state index contributed by atoms with van der Waals surface area (Å²) in [5.41, 5.74) is 2.54. The number of aryl methyl sites for hydroxylation is 1. The fourth-order valence-corrected chi connectivity index (χ4v) is 3.96. The molecule has 1 aliphatic rings. The van der Waals surface area contributed by atoms with E-state index in [-0.39, 0.29) is 35.4 Å². The lowest BCUT2D eigenvalue weighted by molar-refractivity contribution is 0.0943. The third-order valence-electron chi connectivity index (χ3n) is 5.42. The molecule has 1 unspecified atom stereocenters. The first-order valence-corrected chi connectivity index (χ1v) is 10.3. The predicted octanol–water partition coefficient (Wildman–Crippen LogP) is 4.36. The number of phenolic OH excluding ortho intramolecular Hbond substituents is 2. The van der Waals surface area contributed by atoms with Crippen molar-refractivity contribution in [3.8, 4) is 11.5 Å². The molecule has 7 nitrogen and oxygen atoms in total. The van der Waals surface area contributed by atoms with Gasteiger partial charge in [-0.25, -0.2) is 0 Å². The van der Waals surface area contributed by atoms with E-state index in [4.69, 9.17) is 4.42 Å². The summed E-state index contributed by atoms with van der Waals surface area (Å²) in [7, 11) is 0. The summed E-state index contributed by atoms with van der Waals surface area (Å²) in [5, 5.41) is 31.9. The Bertz CT molecular complexity index is 875. The van der Waals surface area contributed by atoms with Crippen LogP contribution in [0.1, 0.15) is 85.7 Å². The number of carbonyl (C=O) groups is 1. The summed E-state index contributed by atoms with van der Waals surface area (Å²) in [4.78, 5) is 13.0. The number of allylic oxidation sites excluding steroid dienone is 2. The van der Waals surface area contributed by atoms with Crippen molar-refractivity contribution in [3.63, 3.8) is 0 Å². The lowest BCUT2D eigenvalue weighted by atomic mass is 9.83. The van der Waals surface area contributed by atoms with Crippen LogP contribution in [-0.4, -0.2) is 26.3 Å². The minimum Gasteiger partial charge on any atom is -0.507 e. The molecule has 1 aromatic carbocycles. The van der Waals surface area contributed by atoms with Crippen LogP contribution in [0.3, 0.4) is 0 Å². The number of amides is 1. The van der Waals surface area contributed by atoms with E-state index in [2.05, 4.69) is 35.4 Å². The number of nitrogens with zero attached hydrogens (tertiary/aromatic N) is 2. The number of aromatic nitrogens is 2. The molecule has 1 aromatic heterocycles. The Balaban J connectivity index is 1.95. The molecule has 0 spiro atoms. The second-order valence-electron chi connectivity index (χ2n) is 7.68. The number of hydrogen-bond acceptors (Lipinski definition) is 6. The van der Waals surface area contributed by atoms with Crippen LogP contribution < -0.4 is 5.32 Å². The third-order valence-corrected chi connectivity index (χ3v) is 5.42. The highest BCUT2D eigenvalue weighted by Crippen LogP contribution is 2.44. The number of nitrogens with one attached hydrogen (secondary N) is 1. The molecular formula is C22H29N3O4. The average molecular weight is 399 g/mol. The molecule has 1 heterocycles. The van der Waals surface area contributed by atoms with Gasteiger partial charge in [-0.05, 0) is 50.7 Å². The summed E-state index contributed by atoms with van der Waals surface area (Å²) in [6.07, 6.45) is 9.65. The van der Waals surface area contributed by atoms with Crippen molar-refractivity contribution in [1.29, 1.82) is 0 Å². The maximum Gasteiger partial charge on any atom is 0.255 e. The summed E-state index contributed by atoms with van der Waals surface area (Å²) >= 11 is 0. The maximum absolute atomic E-state index is 13.0. The van der Waals surface area contributed by atoms with Crippen molar-refractivity contribution in [2.45, 2.75) is 71.3 Å². The summed E-state index contributed by atoms with van der Waals surface area (Å²) < 4.78 is 5.06. The van der Waals surface area contributed by atoms with E-state index >= 15 is 0 Å². The Labute approximate surface area is 170 Å². The van der Waals surface area contributed by atoms with Gasteiger partial charge in [0.1, 0.15) is 11.5 Å². The van der Waals surface area contributed by atoms with Crippen LogP contribution in [0.25, 0.3) is 0 Å². The summed E-state index contributed by atoms with van der Waals surface area (Å²) in [6.45, 7) is 4.23. The Hall–Kier alpha value is -2.83. The monoisotopic (exact) mass is 399 g/mol. The van der Waals surface area contributed by atoms with Crippen LogP contribution in [0.2, 0.25) is 0 Å². The Morgan fingerprint density at radius 2 is 2.17 bits per heavy atom. The quantitative estimate of drug-likeness (QED) is 0.450. The van der Waals surface area contributed by atoms with Gasteiger partial charge in [-0.3, -0.25) is 4.79 Å². The number of hydrogen-bond donors (Lipinski definition) is 3. The number of phenols is 2. The number of carbonyl (C=O) groups excluding carboxylic acids is 1. The van der Waals surface area contributed by atoms with Gasteiger partial charge < -0.3 is 19.9 Å². The Morgan fingerprint density at radius 1 is 1.34 bits per heavy atom. The second kappa shape index (κ2) is 9.58. The standard InChI is InChI=1S/C22H29N3O4/c1-3-4-5-8-16-11-17(26)19(15-9-6-7-14(2)10-15)21(27)20(16)22(28)23-12-18-25-24-13-29-18/h10-11,13,15,26-27H,3-9,12H2,1-2H3,(H,23,28). The first-order valence-electron chi connectivity index (χ1n) is 10.3. The number of aromatic hydroxyl groups is 2. The lowest BCUT2D eigenvalue weighted by Crippen LogP contribution is -2.25. The van der Waals surface area contributed by atoms with Gasteiger partial charge in [0.2, 0.25) is 12.3 Å². The van der Waals surface area contributed by atoms with E-state index in [1.807, 2.05) is 0 Å². The predicted molar refractivity (Wildman–Crippen MR) is 109 cm³/mol. The molecule has 0 bridgehead atoms. The second-order valence-corrected chi connectivity index (χ2v) is 7.68. The van der Waals surface area contributed by atoms with Crippen molar-refractivity contribution in [1.82, 2.24) is 15.5 Å². The van der Waals surface area contributed by atoms with Gasteiger partial charge in [0.15, 0.2) is 0 Å². The molecule has 29 heavy (non-hydrogen) atoms. The van der Waals surface area contributed by atoms with E-state index < -0.39 is 5.91 Å². The molecule has 156 valence electrons. The van der Waals surface area contributed by atoms with Gasteiger partial charge >= 0.3 is 0 Å². The third kappa shape index (κ3) is 4.96. The van der Waals surface area contributed by atoms with Crippen LogP contribution in [0.4, 0.5) is 0 Å². The molecule has 1 atom stereocenters. The van der Waals surface area contributed by atoms with Gasteiger partial charge in [-0.15, -0.1) is 10.2 Å². The van der Waals surface area contributed by atoms with Gasteiger partial charge in [-0.1, -0.05) is 31.4 Å². The Morgan fingerprint density at radius 3 is 2.86 bits per heavy atom. The highest BCUT2D eigenvalue weighted by atomic mass is 16.4. The van der Waals surface area contributed by atoms with E-state index in [1.165, 1.54) is 12.0 Å². The van der Waals surface area contributed by atoms with Crippen molar-refractivity contribution in [2.24, 2.45) is 0 Å². The minimum atomic E-state index is -0.412. The van der Waals surface area contributed by atoms with Gasteiger partial charge in [0, 0.05) is 11.5 Å². The smallest absolute Gasteiger partial charge is 0.255 e. The molecule has 3 rings (SSSR count). The molecule has 1 aliphatic carbocycles. The van der Waals surface area contributed by atoms with E-state index in [1.54, 1.807) is 6.07 Å². The van der Waals surface area contributed by atoms with Gasteiger partial charge in [-0.2, -0.15) is 0 Å². The highest BCUT2D eigenvalue weighted by molar-refractivity contribution is 5.99. The van der Waals surface area contributed by atoms with Gasteiger partial charge in [0.05, 0.1) is 12.1 Å². The van der Waals surface area contributed by atoms with Gasteiger partial charge in [0.25, 0.3) is 5.91 Å². The number of rotatable bonds is 8. The van der Waals surface area contributed by atoms with Crippen molar-refractivity contribution < 1.29 is 19.4 Å². The fourth-order valence-electron chi connectivity index (χ4n) is 3.96. The zero-order valence-corrected chi connectivity index (χ0v) is 17.1. The fraction of sp³-hybridized carbons (Fsp3) is 0.500. The van der Waals surface area contributed by atoms with Crippen LogP contribution in [0.5, 0.6) is 11.5 Å². The largest absolute Gasteiger partial charge is 0.507 e. The van der Waals surface area contributed by atoms with Crippen LogP contribution >= 0.6 is 0 Å². The molecule has 1 amide bonds. The van der Waals surface area contributed by atoms with E-state index in [9.17, 15) is 15.0 Å². The molecule has 3 N–H and O–H groups in total. The molecule has 2 aromatic rings. The van der Waals surface area contributed by atoms with E-state index in [0.717, 1.165) is 38.5 Å². The van der Waals surface area contributed by atoms with Crippen LogP contribution in [0, 0.1) is 0 Å².